The van der Waals surface area contributed by atoms with Crippen molar-refractivity contribution in [2.45, 2.75) is 44.0 Å². The summed E-state index contributed by atoms with van der Waals surface area (Å²) in [5, 5.41) is 12.9. The highest BCUT2D eigenvalue weighted by Crippen LogP contribution is 2.41. The van der Waals surface area contributed by atoms with Crippen LogP contribution in [0.1, 0.15) is 31.2 Å². The molecule has 0 atom stereocenters. The predicted octanol–water partition coefficient (Wildman–Crippen LogP) is 3.25. The molecule has 1 aliphatic heterocycles. The van der Waals surface area contributed by atoms with Crippen molar-refractivity contribution in [3.8, 4) is 22.7 Å². The van der Waals surface area contributed by atoms with Gasteiger partial charge in [-0.3, -0.25) is 9.79 Å². The Kier molecular flexibility index (Phi) is 7.14. The van der Waals surface area contributed by atoms with Gasteiger partial charge in [-0.1, -0.05) is 0 Å². The van der Waals surface area contributed by atoms with E-state index in [1.165, 1.54) is 12.1 Å². The van der Waals surface area contributed by atoms with E-state index in [-0.39, 0.29) is 17.0 Å². The van der Waals surface area contributed by atoms with Gasteiger partial charge in [-0.2, -0.15) is 0 Å². The molecule has 0 saturated carbocycles. The molecule has 1 aromatic carbocycles. The number of H-pyrrole nitrogens is 1. The van der Waals surface area contributed by atoms with E-state index >= 15 is 0 Å². The molecule has 0 saturated heterocycles. The molecule has 2 aliphatic rings. The number of aromatic amines is 1. The predicted molar refractivity (Wildman–Crippen MR) is 133 cm³/mol. The first-order valence-electron chi connectivity index (χ1n) is 11.5. The van der Waals surface area contributed by atoms with Crippen LogP contribution in [0.4, 0.5) is 5.69 Å². The topological polar surface area (TPSA) is 152 Å². The quantitative estimate of drug-likeness (QED) is 0.135. The Hall–Kier alpha value is -3.70. The Morgan fingerprint density at radius 1 is 1.22 bits per heavy atom. The number of rotatable bonds is 9. The van der Waals surface area contributed by atoms with Gasteiger partial charge in [0.1, 0.15) is 33.9 Å². The summed E-state index contributed by atoms with van der Waals surface area (Å²) in [6.07, 6.45) is 5.89. The van der Waals surface area contributed by atoms with Gasteiger partial charge in [0.2, 0.25) is 0 Å². The molecule has 1 aromatic heterocycles. The molecule has 190 valence electrons. The van der Waals surface area contributed by atoms with E-state index in [1.54, 1.807) is 20.3 Å². The van der Waals surface area contributed by atoms with E-state index in [0.29, 0.717) is 41.1 Å². The van der Waals surface area contributed by atoms with Gasteiger partial charge in [0.15, 0.2) is 0 Å². The molecule has 0 spiro atoms. The van der Waals surface area contributed by atoms with Crippen LogP contribution in [0.2, 0.25) is 0 Å². The van der Waals surface area contributed by atoms with E-state index in [4.69, 9.17) is 9.52 Å². The number of imidazole rings is 1. The van der Waals surface area contributed by atoms with Crippen molar-refractivity contribution in [2.24, 2.45) is 4.99 Å². The van der Waals surface area contributed by atoms with E-state index < -0.39 is 16.1 Å². The fourth-order valence-electron chi connectivity index (χ4n) is 4.46. The maximum atomic E-state index is 12.1. The van der Waals surface area contributed by atoms with Gasteiger partial charge in [0, 0.05) is 43.6 Å². The Morgan fingerprint density at radius 3 is 2.67 bits per heavy atom. The Balaban J connectivity index is 1.96. The molecule has 11 heteroatoms. The zero-order valence-corrected chi connectivity index (χ0v) is 21.1. The molecule has 36 heavy (non-hydrogen) atoms. The van der Waals surface area contributed by atoms with Gasteiger partial charge in [0.25, 0.3) is 5.82 Å². The minimum atomic E-state index is -4.77. The lowest BCUT2D eigenvalue weighted by molar-refractivity contribution is -0.685. The van der Waals surface area contributed by atoms with Gasteiger partial charge >= 0.3 is 5.97 Å². The normalized spacial score (nSPS) is 12.5. The summed E-state index contributed by atoms with van der Waals surface area (Å²) in [5.74, 6) is 0.465. The second-order valence-corrected chi connectivity index (χ2v) is 9.94. The van der Waals surface area contributed by atoms with Crippen molar-refractivity contribution in [2.75, 3.05) is 19.4 Å². The van der Waals surface area contributed by atoms with Gasteiger partial charge in [-0.25, -0.2) is 18.0 Å². The second kappa shape index (κ2) is 10.1. The smallest absolute Gasteiger partial charge is 0.303 e. The number of nitrogens with one attached hydrogen (secondary N) is 2. The molecule has 0 fully saturated rings. The van der Waals surface area contributed by atoms with Crippen LogP contribution in [0.25, 0.3) is 33.7 Å². The van der Waals surface area contributed by atoms with Crippen molar-refractivity contribution in [1.29, 1.82) is 0 Å². The molecule has 2 heterocycles. The summed E-state index contributed by atoms with van der Waals surface area (Å²) in [6, 6.07) is 6.65. The second-order valence-electron chi connectivity index (χ2n) is 8.59. The largest absolute Gasteiger partial charge is 0.744 e. The molecule has 0 amide bonds. The average Bonchev–Trinajstić information content (AvgIpc) is 3.28. The molecule has 3 N–H and O–H groups in total. The summed E-state index contributed by atoms with van der Waals surface area (Å²) in [4.78, 5) is 18.0. The zero-order valence-electron chi connectivity index (χ0n) is 20.3. The van der Waals surface area contributed by atoms with Crippen molar-refractivity contribution in [3.05, 3.63) is 47.6 Å². The number of fused-ring (bicyclic) bond motifs is 2. The minimum absolute atomic E-state index is 0.129. The highest BCUT2D eigenvalue weighted by atomic mass is 32.2. The highest BCUT2D eigenvalue weighted by Gasteiger charge is 2.26. The van der Waals surface area contributed by atoms with Crippen molar-refractivity contribution >= 4 is 32.7 Å². The van der Waals surface area contributed by atoms with Crippen LogP contribution in [-0.2, 0) is 21.5 Å². The van der Waals surface area contributed by atoms with E-state index in [2.05, 4.69) is 15.3 Å². The first-order chi connectivity index (χ1) is 17.1. The molecule has 10 nitrogen and oxygen atoms in total. The number of hydrogen-bond donors (Lipinski definition) is 3. The van der Waals surface area contributed by atoms with Crippen molar-refractivity contribution in [3.63, 3.8) is 0 Å². The molecule has 0 unspecified atom stereocenters. The molecule has 0 radical (unpaired) electrons. The number of nitrogens with zero attached hydrogens (tertiary/aromatic N) is 2. The standard InChI is InChI=1S/C25H28N4O6S/c1-15-11-16-20(13-18(15)26-2)35-21-14-19(27-3)22(36(32,33)34)12-17(21)24(16)25-28-8-10-29(25)9-6-4-5-7-23(30)31/h8,10-14H,4-7,9H2,1-3H3,(H3,26,27,30,31,32,33,34). The number of benzene rings is 2. The average molecular weight is 513 g/mol. The third-order valence-electron chi connectivity index (χ3n) is 6.21. The summed E-state index contributed by atoms with van der Waals surface area (Å²) >= 11 is 0. The number of aryl methyl sites for hydroxylation is 2. The number of aromatic nitrogens is 2. The number of unbranched alkanes of at least 4 members (excludes halogenated alkanes) is 2. The van der Waals surface area contributed by atoms with Crippen molar-refractivity contribution in [1.82, 2.24) is 4.98 Å². The Morgan fingerprint density at radius 2 is 2.00 bits per heavy atom. The van der Waals surface area contributed by atoms with Crippen LogP contribution in [-0.4, -0.2) is 43.1 Å². The molecular formula is C25H28N4O6S. The van der Waals surface area contributed by atoms with Crippen LogP contribution >= 0.6 is 0 Å². The number of anilines is 1. The fourth-order valence-corrected chi connectivity index (χ4v) is 5.15. The molecule has 0 bridgehead atoms. The zero-order chi connectivity index (χ0) is 26.0. The van der Waals surface area contributed by atoms with Gasteiger partial charge < -0.3 is 19.4 Å². The van der Waals surface area contributed by atoms with Gasteiger partial charge in [0.05, 0.1) is 28.0 Å². The van der Waals surface area contributed by atoms with E-state index in [1.807, 2.05) is 29.8 Å². The lowest BCUT2D eigenvalue weighted by Gasteiger charge is -2.18. The fraction of sp³-hybridized carbons (Fsp3) is 0.320. The van der Waals surface area contributed by atoms with Crippen LogP contribution in [0.5, 0.6) is 0 Å². The third kappa shape index (κ3) is 4.98. The SMILES string of the molecule is CN=c1cc2oc3cc(NC)c(S(=O)(=O)[O-])cc3c(-c3[nH]cc[n+]3CCCCCC(=O)O)c-2cc1C. The molecule has 4 rings (SSSR count). The van der Waals surface area contributed by atoms with Crippen LogP contribution in [0, 0.1) is 6.92 Å². The first-order valence-corrected chi connectivity index (χ1v) is 13.0. The highest BCUT2D eigenvalue weighted by molar-refractivity contribution is 7.86. The minimum Gasteiger partial charge on any atom is -0.744 e. The number of aliphatic carboxylic acids is 1. The van der Waals surface area contributed by atoms with E-state index in [0.717, 1.165) is 29.3 Å². The Bertz CT molecular complexity index is 1590. The summed E-state index contributed by atoms with van der Waals surface area (Å²) in [6.45, 7) is 2.55. The number of carboxylic acid groups (broad SMARTS) is 1. The van der Waals surface area contributed by atoms with Crippen LogP contribution < -0.4 is 15.2 Å². The maximum absolute atomic E-state index is 12.1. The maximum Gasteiger partial charge on any atom is 0.303 e. The lowest BCUT2D eigenvalue weighted by Crippen LogP contribution is -2.34. The first kappa shape index (κ1) is 25.4. The molecule has 2 aromatic rings. The van der Waals surface area contributed by atoms with Gasteiger partial charge in [-0.05, 0) is 43.9 Å². The number of carbonyl (C=O) groups is 1. The van der Waals surface area contributed by atoms with Gasteiger partial charge in [-0.15, -0.1) is 0 Å². The Labute approximate surface area is 208 Å². The summed E-state index contributed by atoms with van der Waals surface area (Å²) < 4.78 is 44.4. The monoisotopic (exact) mass is 512 g/mol. The summed E-state index contributed by atoms with van der Waals surface area (Å²) in [5.41, 5.74) is 2.90. The number of carboxylic acids is 1. The molecular weight excluding hydrogens is 484 g/mol. The van der Waals surface area contributed by atoms with E-state index in [9.17, 15) is 17.8 Å². The van der Waals surface area contributed by atoms with Crippen LogP contribution in [0.15, 0.2) is 51.0 Å². The van der Waals surface area contributed by atoms with Crippen molar-refractivity contribution < 1.29 is 31.9 Å². The van der Waals surface area contributed by atoms with Crippen LogP contribution in [0.3, 0.4) is 0 Å². The summed E-state index contributed by atoms with van der Waals surface area (Å²) in [7, 11) is -1.53. The number of hydrogen-bond acceptors (Lipinski definition) is 7. The third-order valence-corrected chi connectivity index (χ3v) is 7.08. The lowest BCUT2D eigenvalue weighted by atomic mass is 9.96. The molecule has 1 aliphatic carbocycles.